The van der Waals surface area contributed by atoms with E-state index in [9.17, 15) is 26.4 Å². The fourth-order valence-corrected chi connectivity index (χ4v) is 4.42. The average molecular weight is 516 g/mol. The van der Waals surface area contributed by atoms with Crippen LogP contribution < -0.4 is 4.72 Å². The number of sulfonamides is 1. The predicted octanol–water partition coefficient (Wildman–Crippen LogP) is 4.71. The summed E-state index contributed by atoms with van der Waals surface area (Å²) in [6, 6.07) is 4.75. The lowest BCUT2D eigenvalue weighted by Gasteiger charge is -2.14. The minimum atomic E-state index is -4.88. The van der Waals surface area contributed by atoms with Gasteiger partial charge in [-0.05, 0) is 30.3 Å². The minimum absolute atomic E-state index is 0.0224. The van der Waals surface area contributed by atoms with E-state index in [-0.39, 0.29) is 22.1 Å². The van der Waals surface area contributed by atoms with Crippen LogP contribution in [0.2, 0.25) is 10.0 Å². The van der Waals surface area contributed by atoms with Gasteiger partial charge in [0.1, 0.15) is 23.4 Å². The number of carbonyl (C=O) groups is 1. The lowest BCUT2D eigenvalue weighted by Crippen LogP contribution is -2.18. The van der Waals surface area contributed by atoms with E-state index in [1.807, 2.05) is 0 Å². The van der Waals surface area contributed by atoms with E-state index < -0.39 is 37.5 Å². The third-order valence-corrected chi connectivity index (χ3v) is 6.34. The van der Waals surface area contributed by atoms with Gasteiger partial charge in [0.15, 0.2) is 0 Å². The molecule has 0 unspecified atom stereocenters. The van der Waals surface area contributed by atoms with Crippen molar-refractivity contribution in [3.63, 3.8) is 0 Å². The Morgan fingerprint density at radius 2 is 1.79 bits per heavy atom. The first-order valence-corrected chi connectivity index (χ1v) is 11.1. The highest BCUT2D eigenvalue weighted by Crippen LogP contribution is 2.36. The zero-order valence-corrected chi connectivity index (χ0v) is 18.3. The number of anilines is 1. The fourth-order valence-electron chi connectivity index (χ4n) is 2.96. The molecule has 0 spiro atoms. The molecule has 2 N–H and O–H groups in total. The molecule has 170 valence electrons. The molecule has 0 atom stereocenters. The lowest BCUT2D eigenvalue weighted by atomic mass is 10.1. The zero-order valence-electron chi connectivity index (χ0n) is 16.0. The minimum Gasteiger partial charge on any atom is -0.346 e. The lowest BCUT2D eigenvalue weighted by molar-refractivity contribution is -0.137. The number of pyridine rings is 1. The standard InChI is InChI=1S/C19H10Cl2F3N5O3S/c20-9-5-14(29-33(31,32)10-1-2-13(21)12(6-10)19(22,23)24)16(26-7-9)17(30)15-11-3-4-25-18(11)28-8-27-15/h1-8,29H,(H,25,27,28). The van der Waals surface area contributed by atoms with E-state index >= 15 is 0 Å². The van der Waals surface area contributed by atoms with E-state index in [4.69, 9.17) is 23.2 Å². The monoisotopic (exact) mass is 515 g/mol. The molecule has 0 saturated carbocycles. The number of benzene rings is 1. The summed E-state index contributed by atoms with van der Waals surface area (Å²) in [6.07, 6.45) is -1.09. The Morgan fingerprint density at radius 3 is 2.52 bits per heavy atom. The Morgan fingerprint density at radius 1 is 1.03 bits per heavy atom. The molecule has 8 nitrogen and oxygen atoms in total. The summed E-state index contributed by atoms with van der Waals surface area (Å²) in [5, 5.41) is -0.326. The first kappa shape index (κ1) is 23.0. The number of carbonyl (C=O) groups excluding carboxylic acids is 1. The first-order chi connectivity index (χ1) is 15.5. The molecule has 0 saturated heterocycles. The van der Waals surface area contributed by atoms with Crippen molar-refractivity contribution in [2.75, 3.05) is 4.72 Å². The van der Waals surface area contributed by atoms with Gasteiger partial charge in [0.25, 0.3) is 10.0 Å². The Hall–Kier alpha value is -3.22. The summed E-state index contributed by atoms with van der Waals surface area (Å²) in [7, 11) is -4.60. The summed E-state index contributed by atoms with van der Waals surface area (Å²) < 4.78 is 67.3. The number of hydrogen-bond acceptors (Lipinski definition) is 6. The number of nitrogens with one attached hydrogen (secondary N) is 2. The fraction of sp³-hybridized carbons (Fsp3) is 0.0526. The highest BCUT2D eigenvalue weighted by atomic mass is 35.5. The summed E-state index contributed by atoms with van der Waals surface area (Å²) in [4.78, 5) is 27.1. The number of halogens is 5. The highest BCUT2D eigenvalue weighted by molar-refractivity contribution is 7.92. The number of hydrogen-bond donors (Lipinski definition) is 2. The average Bonchev–Trinajstić information content (AvgIpc) is 3.21. The van der Waals surface area contributed by atoms with E-state index in [1.54, 1.807) is 6.07 Å². The number of nitrogens with zero attached hydrogens (tertiary/aromatic N) is 3. The molecular weight excluding hydrogens is 506 g/mol. The summed E-state index contributed by atoms with van der Waals surface area (Å²) in [6.45, 7) is 0. The number of ketones is 1. The molecule has 4 aromatic rings. The van der Waals surface area contributed by atoms with Crippen LogP contribution in [-0.4, -0.2) is 34.1 Å². The quantitative estimate of drug-likeness (QED) is 0.371. The van der Waals surface area contributed by atoms with Gasteiger partial charge in [0.05, 0.1) is 26.2 Å². The van der Waals surface area contributed by atoms with Crippen LogP contribution in [0.3, 0.4) is 0 Å². The Labute approximate surface area is 193 Å². The number of aromatic amines is 1. The van der Waals surface area contributed by atoms with Crippen molar-refractivity contribution in [1.29, 1.82) is 0 Å². The van der Waals surface area contributed by atoms with Crippen molar-refractivity contribution in [2.45, 2.75) is 11.1 Å². The highest BCUT2D eigenvalue weighted by Gasteiger charge is 2.35. The van der Waals surface area contributed by atoms with Crippen molar-refractivity contribution in [3.05, 3.63) is 76.0 Å². The van der Waals surface area contributed by atoms with Gasteiger partial charge in [-0.3, -0.25) is 9.52 Å². The second-order valence-electron chi connectivity index (χ2n) is 6.59. The summed E-state index contributed by atoms with van der Waals surface area (Å²) >= 11 is 11.5. The van der Waals surface area contributed by atoms with Crippen molar-refractivity contribution in [2.24, 2.45) is 0 Å². The number of rotatable bonds is 5. The van der Waals surface area contributed by atoms with Gasteiger partial charge >= 0.3 is 6.18 Å². The predicted molar refractivity (Wildman–Crippen MR) is 114 cm³/mol. The molecule has 1 aromatic carbocycles. The molecule has 0 fully saturated rings. The number of fused-ring (bicyclic) bond motifs is 1. The van der Waals surface area contributed by atoms with Gasteiger partial charge in [-0.2, -0.15) is 13.2 Å². The third kappa shape index (κ3) is 4.49. The van der Waals surface area contributed by atoms with Crippen LogP contribution in [0.25, 0.3) is 11.0 Å². The Balaban J connectivity index is 1.78. The van der Waals surface area contributed by atoms with Gasteiger partial charge in [-0.15, -0.1) is 0 Å². The van der Waals surface area contributed by atoms with E-state index in [0.717, 1.165) is 30.7 Å². The Kier molecular flexibility index (Phi) is 5.76. The van der Waals surface area contributed by atoms with Gasteiger partial charge < -0.3 is 4.98 Å². The molecule has 3 heterocycles. The van der Waals surface area contributed by atoms with Crippen molar-refractivity contribution >= 4 is 55.7 Å². The molecule has 0 aliphatic rings. The molecule has 3 aromatic heterocycles. The van der Waals surface area contributed by atoms with Crippen LogP contribution in [0.1, 0.15) is 21.7 Å². The normalized spacial score (nSPS) is 12.2. The smallest absolute Gasteiger partial charge is 0.346 e. The second-order valence-corrected chi connectivity index (χ2v) is 9.11. The molecule has 14 heteroatoms. The first-order valence-electron chi connectivity index (χ1n) is 8.85. The van der Waals surface area contributed by atoms with E-state index in [0.29, 0.717) is 17.1 Å². The van der Waals surface area contributed by atoms with Crippen LogP contribution in [0, 0.1) is 0 Å². The molecule has 0 bridgehead atoms. The van der Waals surface area contributed by atoms with E-state index in [1.165, 1.54) is 6.20 Å². The van der Waals surface area contributed by atoms with Gasteiger partial charge in [-0.1, -0.05) is 23.2 Å². The topological polar surface area (TPSA) is 118 Å². The summed E-state index contributed by atoms with van der Waals surface area (Å²) in [5.74, 6) is -0.761. The van der Waals surface area contributed by atoms with Gasteiger partial charge in [0, 0.05) is 17.8 Å². The molecule has 0 aliphatic carbocycles. The molecule has 0 amide bonds. The van der Waals surface area contributed by atoms with Crippen LogP contribution in [0.4, 0.5) is 18.9 Å². The van der Waals surface area contributed by atoms with Crippen molar-refractivity contribution in [1.82, 2.24) is 19.9 Å². The van der Waals surface area contributed by atoms with Gasteiger partial charge in [0.2, 0.25) is 5.78 Å². The maximum absolute atomic E-state index is 13.2. The largest absolute Gasteiger partial charge is 0.417 e. The maximum atomic E-state index is 13.2. The third-order valence-electron chi connectivity index (χ3n) is 4.44. The molecular formula is C19H10Cl2F3N5O3S. The maximum Gasteiger partial charge on any atom is 0.417 e. The molecule has 0 aliphatic heterocycles. The molecule has 4 rings (SSSR count). The van der Waals surface area contributed by atoms with E-state index in [2.05, 4.69) is 24.7 Å². The second kappa shape index (κ2) is 8.28. The number of alkyl halides is 3. The zero-order chi connectivity index (χ0) is 24.0. The van der Waals surface area contributed by atoms with Crippen LogP contribution in [0.5, 0.6) is 0 Å². The SMILES string of the molecule is O=C(c1ncc(Cl)cc1NS(=O)(=O)c1ccc(Cl)c(C(F)(F)F)c1)c1ncnc2[nH]ccc12. The number of aromatic nitrogens is 4. The van der Waals surface area contributed by atoms with Crippen molar-refractivity contribution in [3.8, 4) is 0 Å². The Bertz CT molecular complexity index is 1510. The molecule has 0 radical (unpaired) electrons. The van der Waals surface area contributed by atoms with Crippen LogP contribution >= 0.6 is 23.2 Å². The summed E-state index contributed by atoms with van der Waals surface area (Å²) in [5.41, 5.74) is -1.75. The van der Waals surface area contributed by atoms with Crippen LogP contribution in [0.15, 0.2) is 53.9 Å². The van der Waals surface area contributed by atoms with Crippen molar-refractivity contribution < 1.29 is 26.4 Å². The van der Waals surface area contributed by atoms with Gasteiger partial charge in [-0.25, -0.2) is 23.4 Å². The molecule has 33 heavy (non-hydrogen) atoms. The van der Waals surface area contributed by atoms with Crippen LogP contribution in [-0.2, 0) is 16.2 Å². The number of H-pyrrole nitrogens is 1.